The molecule has 2 aliphatic carbocycles. The lowest BCUT2D eigenvalue weighted by Gasteiger charge is -2.28. The number of hydrogen-bond donors (Lipinski definition) is 1. The Kier molecular flexibility index (Phi) is 2.40. The van der Waals surface area contributed by atoms with Gasteiger partial charge in [-0.1, -0.05) is 6.07 Å². The van der Waals surface area contributed by atoms with E-state index >= 15 is 0 Å². The van der Waals surface area contributed by atoms with Crippen LogP contribution in [0.3, 0.4) is 0 Å². The summed E-state index contributed by atoms with van der Waals surface area (Å²) >= 11 is 0. The zero-order valence-corrected chi connectivity index (χ0v) is 11.0. The third-order valence-corrected chi connectivity index (χ3v) is 4.48. The lowest BCUT2D eigenvalue weighted by atomic mass is 9.87. The molecule has 19 heavy (non-hydrogen) atoms. The second kappa shape index (κ2) is 4.12. The lowest BCUT2D eigenvalue weighted by molar-refractivity contribution is 0.477. The minimum atomic E-state index is 0.461. The molecule has 98 valence electrons. The summed E-state index contributed by atoms with van der Waals surface area (Å²) in [6.07, 6.45) is 10.3. The number of nitrogen functional groups attached to an aromatic ring is 1. The van der Waals surface area contributed by atoms with Gasteiger partial charge in [0.25, 0.3) is 0 Å². The Labute approximate surface area is 113 Å². The van der Waals surface area contributed by atoms with Gasteiger partial charge in [-0.3, -0.25) is 0 Å². The molecule has 2 aliphatic rings. The van der Waals surface area contributed by atoms with Crippen LogP contribution < -0.4 is 5.73 Å². The van der Waals surface area contributed by atoms with Crippen LogP contribution in [0.15, 0.2) is 30.7 Å². The van der Waals surface area contributed by atoms with E-state index in [1.54, 1.807) is 0 Å². The summed E-state index contributed by atoms with van der Waals surface area (Å²) in [5.74, 6) is 0.752. The standard InChI is InChI=1S/C16H19N3/c17-13-6-7-14-12(8-13)2-1-3-15(14)19-10-18-9-16(19)11-4-5-11/h6-11,15H,1-5,17H2. The van der Waals surface area contributed by atoms with Crippen LogP contribution in [0.2, 0.25) is 0 Å². The first-order valence-corrected chi connectivity index (χ1v) is 7.23. The first kappa shape index (κ1) is 11.1. The summed E-state index contributed by atoms with van der Waals surface area (Å²) < 4.78 is 2.41. The highest BCUT2D eigenvalue weighted by molar-refractivity contribution is 5.47. The minimum Gasteiger partial charge on any atom is -0.399 e. The number of aromatic nitrogens is 2. The van der Waals surface area contributed by atoms with Crippen molar-refractivity contribution >= 4 is 5.69 Å². The van der Waals surface area contributed by atoms with Gasteiger partial charge in [-0.05, 0) is 55.4 Å². The Hall–Kier alpha value is -1.77. The van der Waals surface area contributed by atoms with Crippen molar-refractivity contribution < 1.29 is 0 Å². The number of aryl methyl sites for hydroxylation is 1. The van der Waals surface area contributed by atoms with Gasteiger partial charge in [0.05, 0.1) is 12.4 Å². The van der Waals surface area contributed by atoms with Crippen LogP contribution in [-0.4, -0.2) is 9.55 Å². The van der Waals surface area contributed by atoms with Gasteiger partial charge >= 0.3 is 0 Å². The number of anilines is 1. The molecule has 0 radical (unpaired) electrons. The summed E-state index contributed by atoms with van der Waals surface area (Å²) in [5.41, 5.74) is 11.1. The van der Waals surface area contributed by atoms with Gasteiger partial charge in [-0.25, -0.2) is 4.98 Å². The first-order chi connectivity index (χ1) is 9.33. The van der Waals surface area contributed by atoms with Crippen molar-refractivity contribution in [1.82, 2.24) is 9.55 Å². The summed E-state index contributed by atoms with van der Waals surface area (Å²) in [6, 6.07) is 6.85. The van der Waals surface area contributed by atoms with Crippen LogP contribution in [0, 0.1) is 0 Å². The maximum absolute atomic E-state index is 5.91. The Morgan fingerprint density at radius 2 is 2.11 bits per heavy atom. The highest BCUT2D eigenvalue weighted by atomic mass is 15.1. The van der Waals surface area contributed by atoms with E-state index in [0.29, 0.717) is 6.04 Å². The van der Waals surface area contributed by atoms with Gasteiger partial charge in [-0.15, -0.1) is 0 Å². The number of imidazole rings is 1. The van der Waals surface area contributed by atoms with Crippen molar-refractivity contribution in [3.05, 3.63) is 47.5 Å². The zero-order valence-electron chi connectivity index (χ0n) is 11.0. The Morgan fingerprint density at radius 1 is 1.21 bits per heavy atom. The van der Waals surface area contributed by atoms with E-state index in [9.17, 15) is 0 Å². The predicted molar refractivity (Wildman–Crippen MR) is 76.1 cm³/mol. The smallest absolute Gasteiger partial charge is 0.0954 e. The molecule has 1 saturated carbocycles. The highest BCUT2D eigenvalue weighted by Gasteiger charge is 2.30. The van der Waals surface area contributed by atoms with Crippen LogP contribution >= 0.6 is 0 Å². The summed E-state index contributed by atoms with van der Waals surface area (Å²) in [6.45, 7) is 0. The zero-order chi connectivity index (χ0) is 12.8. The molecule has 2 aromatic rings. The van der Waals surface area contributed by atoms with Crippen LogP contribution in [0.4, 0.5) is 5.69 Å². The molecule has 1 aromatic carbocycles. The summed E-state index contributed by atoms with van der Waals surface area (Å²) in [7, 11) is 0. The van der Waals surface area contributed by atoms with Gasteiger partial charge in [0.2, 0.25) is 0 Å². The molecule has 1 fully saturated rings. The Morgan fingerprint density at radius 3 is 2.95 bits per heavy atom. The minimum absolute atomic E-state index is 0.461. The van der Waals surface area contributed by atoms with E-state index in [-0.39, 0.29) is 0 Å². The van der Waals surface area contributed by atoms with Crippen molar-refractivity contribution in [3.8, 4) is 0 Å². The van der Waals surface area contributed by atoms with E-state index in [4.69, 9.17) is 5.73 Å². The fourth-order valence-electron chi connectivity index (χ4n) is 3.37. The molecule has 0 amide bonds. The second-order valence-corrected chi connectivity index (χ2v) is 5.87. The van der Waals surface area contributed by atoms with E-state index in [0.717, 1.165) is 18.0 Å². The fourth-order valence-corrected chi connectivity index (χ4v) is 3.37. The third-order valence-electron chi connectivity index (χ3n) is 4.48. The lowest BCUT2D eigenvalue weighted by Crippen LogP contribution is -2.18. The van der Waals surface area contributed by atoms with E-state index < -0.39 is 0 Å². The molecule has 0 spiro atoms. The second-order valence-electron chi connectivity index (χ2n) is 5.87. The van der Waals surface area contributed by atoms with Crippen LogP contribution in [0.1, 0.15) is 54.5 Å². The summed E-state index contributed by atoms with van der Waals surface area (Å²) in [5, 5.41) is 0. The SMILES string of the molecule is Nc1ccc2c(c1)CCCC2n1cncc1C1CC1. The van der Waals surface area contributed by atoms with Crippen LogP contribution in [0.25, 0.3) is 0 Å². The van der Waals surface area contributed by atoms with Crippen LogP contribution in [-0.2, 0) is 6.42 Å². The number of fused-ring (bicyclic) bond motifs is 1. The monoisotopic (exact) mass is 253 g/mol. The first-order valence-electron chi connectivity index (χ1n) is 7.23. The Bertz CT molecular complexity index is 610. The molecule has 3 heteroatoms. The molecule has 4 rings (SSSR count). The van der Waals surface area contributed by atoms with Crippen molar-refractivity contribution in [2.45, 2.75) is 44.1 Å². The summed E-state index contributed by atoms with van der Waals surface area (Å²) in [4.78, 5) is 4.39. The molecule has 1 heterocycles. The normalized spacial score (nSPS) is 22.2. The number of nitrogens with zero attached hydrogens (tertiary/aromatic N) is 2. The number of benzene rings is 1. The van der Waals surface area contributed by atoms with Gasteiger partial charge in [-0.2, -0.15) is 0 Å². The average Bonchev–Trinajstić information content (AvgIpc) is 3.15. The quantitative estimate of drug-likeness (QED) is 0.835. The van der Waals surface area contributed by atoms with Gasteiger partial charge in [0.15, 0.2) is 0 Å². The number of hydrogen-bond acceptors (Lipinski definition) is 2. The molecule has 1 aromatic heterocycles. The third kappa shape index (κ3) is 1.84. The molecule has 0 bridgehead atoms. The maximum Gasteiger partial charge on any atom is 0.0954 e. The highest BCUT2D eigenvalue weighted by Crippen LogP contribution is 2.43. The van der Waals surface area contributed by atoms with E-state index in [2.05, 4.69) is 27.9 Å². The molecule has 0 saturated heterocycles. The molecule has 0 aliphatic heterocycles. The van der Waals surface area contributed by atoms with E-state index in [1.165, 1.54) is 42.5 Å². The molecule has 1 atom stereocenters. The number of nitrogens with two attached hydrogens (primary N) is 1. The van der Waals surface area contributed by atoms with Crippen molar-refractivity contribution in [2.75, 3.05) is 5.73 Å². The average molecular weight is 253 g/mol. The molecular formula is C16H19N3. The maximum atomic E-state index is 5.91. The van der Waals surface area contributed by atoms with Crippen molar-refractivity contribution in [2.24, 2.45) is 0 Å². The van der Waals surface area contributed by atoms with Gasteiger partial charge in [0, 0.05) is 23.5 Å². The topological polar surface area (TPSA) is 43.8 Å². The molecule has 3 nitrogen and oxygen atoms in total. The molecule has 1 unspecified atom stereocenters. The number of rotatable bonds is 2. The van der Waals surface area contributed by atoms with Crippen LogP contribution in [0.5, 0.6) is 0 Å². The van der Waals surface area contributed by atoms with Gasteiger partial charge in [0.1, 0.15) is 0 Å². The van der Waals surface area contributed by atoms with Crippen molar-refractivity contribution in [1.29, 1.82) is 0 Å². The largest absolute Gasteiger partial charge is 0.399 e. The van der Waals surface area contributed by atoms with Gasteiger partial charge < -0.3 is 10.3 Å². The molecular weight excluding hydrogens is 234 g/mol. The van der Waals surface area contributed by atoms with Crippen molar-refractivity contribution in [3.63, 3.8) is 0 Å². The van der Waals surface area contributed by atoms with E-state index in [1.807, 2.05) is 12.4 Å². The Balaban J connectivity index is 1.78. The molecule has 2 N–H and O–H groups in total. The predicted octanol–water partition coefficient (Wildman–Crippen LogP) is 3.27. The fraction of sp³-hybridized carbons (Fsp3) is 0.438.